The lowest BCUT2D eigenvalue weighted by Gasteiger charge is -2.36. The monoisotopic (exact) mass is 551 g/mol. The summed E-state index contributed by atoms with van der Waals surface area (Å²) in [7, 11) is 0. The zero-order valence-corrected chi connectivity index (χ0v) is 22.0. The molecule has 2 atom stereocenters. The van der Waals surface area contributed by atoms with E-state index in [1.165, 1.54) is 4.88 Å². The fourth-order valence-electron chi connectivity index (χ4n) is 3.14. The molecule has 172 valence electrons. The highest BCUT2D eigenvalue weighted by Gasteiger charge is 2.26. The third kappa shape index (κ3) is 9.07. The van der Waals surface area contributed by atoms with Gasteiger partial charge in [0.2, 0.25) is 5.91 Å². The van der Waals surface area contributed by atoms with Gasteiger partial charge in [0, 0.05) is 43.0 Å². The van der Waals surface area contributed by atoms with Crippen LogP contribution in [0.4, 0.5) is 0 Å². The van der Waals surface area contributed by atoms with Gasteiger partial charge in [0.25, 0.3) is 0 Å². The fourth-order valence-corrected chi connectivity index (χ4v) is 3.99. The van der Waals surface area contributed by atoms with Gasteiger partial charge in [-0.25, -0.2) is 0 Å². The van der Waals surface area contributed by atoms with E-state index in [4.69, 9.17) is 9.73 Å². The molecule has 2 heterocycles. The summed E-state index contributed by atoms with van der Waals surface area (Å²) in [4.78, 5) is 20.6. The number of nitrogens with one attached hydrogen (secondary N) is 3. The summed E-state index contributed by atoms with van der Waals surface area (Å²) < 4.78 is 5.72. The maximum absolute atomic E-state index is 12.0. The van der Waals surface area contributed by atoms with Crippen LogP contribution in [0.2, 0.25) is 0 Å². The largest absolute Gasteiger partial charge is 0.376 e. The van der Waals surface area contributed by atoms with Gasteiger partial charge in [0.1, 0.15) is 0 Å². The van der Waals surface area contributed by atoms with Crippen molar-refractivity contribution in [3.8, 4) is 0 Å². The second-order valence-electron chi connectivity index (χ2n) is 8.36. The molecule has 0 radical (unpaired) electrons. The predicted octanol–water partition coefficient (Wildman–Crippen LogP) is 2.85. The quantitative estimate of drug-likeness (QED) is 0.201. The molecule has 3 N–H and O–H groups in total. The van der Waals surface area contributed by atoms with Crippen molar-refractivity contribution in [3.63, 3.8) is 0 Å². The molecule has 7 nitrogen and oxygen atoms in total. The second kappa shape index (κ2) is 13.5. The molecule has 30 heavy (non-hydrogen) atoms. The molecular weight excluding hydrogens is 513 g/mol. The Hall–Kier alpha value is -0.910. The van der Waals surface area contributed by atoms with Crippen molar-refractivity contribution in [3.05, 3.63) is 22.4 Å². The molecular formula is C21H38IN5O2S. The molecule has 1 aliphatic rings. The molecule has 0 spiro atoms. The highest BCUT2D eigenvalue weighted by atomic mass is 127. The molecule has 0 bridgehead atoms. The number of morpholine rings is 1. The average Bonchev–Trinajstić information content (AvgIpc) is 3.18. The number of hydrogen-bond acceptors (Lipinski definition) is 5. The third-order valence-corrected chi connectivity index (χ3v) is 5.71. The standard InChI is InChI=1S/C21H37N5O2S.HI/c1-6-22-20(24-10-9-23-19(27)21(3,4)5)25-14-17(18-8-7-13-29-18)26-11-12-28-16(2)15-26;/h7-8,13,16-17H,6,9-12,14-15H2,1-5H3,(H,23,27)(H2,22,24,25);1H. The van der Waals surface area contributed by atoms with E-state index in [9.17, 15) is 4.79 Å². The van der Waals surface area contributed by atoms with Crippen LogP contribution in [0.3, 0.4) is 0 Å². The molecule has 1 aliphatic heterocycles. The first kappa shape index (κ1) is 27.1. The minimum absolute atomic E-state index is 0. The van der Waals surface area contributed by atoms with Crippen LogP contribution < -0.4 is 16.0 Å². The Kier molecular flexibility index (Phi) is 12.2. The van der Waals surface area contributed by atoms with E-state index in [1.807, 2.05) is 20.8 Å². The molecule has 1 aromatic rings. The van der Waals surface area contributed by atoms with E-state index in [0.717, 1.165) is 32.2 Å². The van der Waals surface area contributed by atoms with E-state index in [0.29, 0.717) is 19.6 Å². The smallest absolute Gasteiger partial charge is 0.225 e. The first-order valence-electron chi connectivity index (χ1n) is 10.5. The molecule has 2 rings (SSSR count). The third-order valence-electron chi connectivity index (χ3n) is 4.74. The minimum Gasteiger partial charge on any atom is -0.376 e. The number of carbonyl (C=O) groups is 1. The first-order chi connectivity index (χ1) is 13.8. The van der Waals surface area contributed by atoms with Crippen LogP contribution in [-0.2, 0) is 9.53 Å². The van der Waals surface area contributed by atoms with E-state index >= 15 is 0 Å². The number of guanidine groups is 1. The van der Waals surface area contributed by atoms with Gasteiger partial charge in [0.15, 0.2) is 5.96 Å². The Morgan fingerprint density at radius 2 is 2.07 bits per heavy atom. The summed E-state index contributed by atoms with van der Waals surface area (Å²) in [5.41, 5.74) is -0.373. The number of carbonyl (C=O) groups excluding carboxylic acids is 1. The summed E-state index contributed by atoms with van der Waals surface area (Å²) in [5.74, 6) is 0.834. The minimum atomic E-state index is -0.373. The van der Waals surface area contributed by atoms with Crippen molar-refractivity contribution < 1.29 is 9.53 Å². The molecule has 9 heteroatoms. The Morgan fingerprint density at radius 1 is 1.33 bits per heavy atom. The highest BCUT2D eigenvalue weighted by Crippen LogP contribution is 2.27. The lowest BCUT2D eigenvalue weighted by molar-refractivity contribution is -0.128. The van der Waals surface area contributed by atoms with Crippen LogP contribution in [0, 0.1) is 5.41 Å². The summed E-state index contributed by atoms with van der Waals surface area (Å²) in [6, 6.07) is 4.53. The number of aliphatic imine (C=N–C) groups is 1. The van der Waals surface area contributed by atoms with Crippen LogP contribution in [0.5, 0.6) is 0 Å². The van der Waals surface area contributed by atoms with Gasteiger partial charge in [0.05, 0.1) is 25.3 Å². The van der Waals surface area contributed by atoms with Gasteiger partial charge in [-0.3, -0.25) is 14.7 Å². The van der Waals surface area contributed by atoms with E-state index in [2.05, 4.69) is 52.2 Å². The molecule has 2 unspecified atom stereocenters. The maximum Gasteiger partial charge on any atom is 0.225 e. The topological polar surface area (TPSA) is 78.0 Å². The Bertz CT molecular complexity index is 648. The van der Waals surface area contributed by atoms with Crippen molar-refractivity contribution in [1.82, 2.24) is 20.9 Å². The number of nitrogens with zero attached hydrogens (tertiary/aromatic N) is 2. The lowest BCUT2D eigenvalue weighted by atomic mass is 9.96. The van der Waals surface area contributed by atoms with E-state index in [-0.39, 0.29) is 47.4 Å². The number of ether oxygens (including phenoxy) is 1. The van der Waals surface area contributed by atoms with Gasteiger partial charge >= 0.3 is 0 Å². The van der Waals surface area contributed by atoms with Crippen LogP contribution in [0.25, 0.3) is 0 Å². The number of halogens is 1. The highest BCUT2D eigenvalue weighted by molar-refractivity contribution is 14.0. The summed E-state index contributed by atoms with van der Waals surface area (Å²) >= 11 is 1.78. The summed E-state index contributed by atoms with van der Waals surface area (Å²) in [6.45, 7) is 15.2. The molecule has 0 aromatic carbocycles. The van der Waals surface area contributed by atoms with Gasteiger partial charge in [-0.15, -0.1) is 35.3 Å². The summed E-state index contributed by atoms with van der Waals surface area (Å²) in [6.07, 6.45) is 0.244. The number of rotatable bonds is 8. The van der Waals surface area contributed by atoms with Gasteiger partial charge in [-0.2, -0.15) is 0 Å². The molecule has 0 saturated carbocycles. The zero-order valence-electron chi connectivity index (χ0n) is 18.9. The Labute approximate surface area is 202 Å². The normalized spacial score (nSPS) is 19.0. The van der Waals surface area contributed by atoms with Gasteiger partial charge in [-0.1, -0.05) is 26.8 Å². The van der Waals surface area contributed by atoms with Crippen molar-refractivity contribution in [2.24, 2.45) is 10.4 Å². The van der Waals surface area contributed by atoms with Crippen LogP contribution in [0.15, 0.2) is 22.5 Å². The molecule has 0 aliphatic carbocycles. The number of amides is 1. The van der Waals surface area contributed by atoms with Crippen molar-refractivity contribution in [1.29, 1.82) is 0 Å². The van der Waals surface area contributed by atoms with Crippen molar-refractivity contribution in [2.75, 3.05) is 45.9 Å². The Morgan fingerprint density at radius 3 is 2.67 bits per heavy atom. The SMILES string of the molecule is CCNC(=NCC(c1cccs1)N1CCOC(C)C1)NCCNC(=O)C(C)(C)C.I. The van der Waals surface area contributed by atoms with E-state index in [1.54, 1.807) is 11.3 Å². The van der Waals surface area contributed by atoms with Crippen LogP contribution in [0.1, 0.15) is 45.5 Å². The molecule has 1 saturated heterocycles. The Balaban J connectivity index is 0.00000450. The van der Waals surface area contributed by atoms with Crippen molar-refractivity contribution in [2.45, 2.75) is 46.8 Å². The van der Waals surface area contributed by atoms with Crippen LogP contribution >= 0.6 is 35.3 Å². The molecule has 1 fully saturated rings. The molecule has 1 amide bonds. The van der Waals surface area contributed by atoms with Crippen LogP contribution in [-0.4, -0.2) is 68.7 Å². The van der Waals surface area contributed by atoms with Gasteiger partial charge in [-0.05, 0) is 25.3 Å². The predicted molar refractivity (Wildman–Crippen MR) is 136 cm³/mol. The average molecular weight is 552 g/mol. The lowest BCUT2D eigenvalue weighted by Crippen LogP contribution is -2.45. The van der Waals surface area contributed by atoms with Gasteiger partial charge < -0.3 is 20.7 Å². The fraction of sp³-hybridized carbons (Fsp3) is 0.714. The van der Waals surface area contributed by atoms with Crippen molar-refractivity contribution >= 4 is 47.2 Å². The zero-order chi connectivity index (χ0) is 21.3. The molecule has 1 aromatic heterocycles. The second-order valence-corrected chi connectivity index (χ2v) is 9.34. The first-order valence-corrected chi connectivity index (χ1v) is 11.4. The number of thiophene rings is 1. The van der Waals surface area contributed by atoms with E-state index < -0.39 is 0 Å². The summed E-state index contributed by atoms with van der Waals surface area (Å²) in [5, 5.41) is 11.7. The maximum atomic E-state index is 12.0. The number of hydrogen-bond donors (Lipinski definition) is 3.